The van der Waals surface area contributed by atoms with Crippen LogP contribution in [0.25, 0.3) is 0 Å². The van der Waals surface area contributed by atoms with Crippen molar-refractivity contribution in [2.45, 2.75) is 12.8 Å². The van der Waals surface area contributed by atoms with Gasteiger partial charge in [0, 0.05) is 18.7 Å². The minimum Gasteiger partial charge on any atom is -0.452 e. The molecule has 1 saturated heterocycles. The number of hydrogen-bond donors (Lipinski definition) is 1. The number of esters is 1. The Balaban J connectivity index is 1.54. The average Bonchev–Trinajstić information content (AvgIpc) is 3.08. The van der Waals surface area contributed by atoms with Gasteiger partial charge in [0.25, 0.3) is 5.91 Å². The van der Waals surface area contributed by atoms with E-state index in [0.717, 1.165) is 12.1 Å². The monoisotopic (exact) mass is 356 g/mol. The third-order valence-electron chi connectivity index (χ3n) is 3.97. The Labute approximate surface area is 149 Å². The first-order chi connectivity index (χ1) is 12.5. The molecule has 0 atom stereocenters. The number of rotatable bonds is 5. The summed E-state index contributed by atoms with van der Waals surface area (Å²) in [7, 11) is 0. The van der Waals surface area contributed by atoms with E-state index in [4.69, 9.17) is 4.74 Å². The van der Waals surface area contributed by atoms with Gasteiger partial charge < -0.3 is 15.0 Å². The van der Waals surface area contributed by atoms with E-state index in [1.54, 1.807) is 23.1 Å². The van der Waals surface area contributed by atoms with Gasteiger partial charge in [-0.15, -0.1) is 0 Å². The largest absolute Gasteiger partial charge is 0.452 e. The summed E-state index contributed by atoms with van der Waals surface area (Å²) in [6.07, 6.45) is 1.35. The zero-order valence-corrected chi connectivity index (χ0v) is 13.9. The first kappa shape index (κ1) is 17.6. The molecular formula is C19H17FN2O4. The van der Waals surface area contributed by atoms with Crippen LogP contribution in [0.4, 0.5) is 15.8 Å². The fourth-order valence-electron chi connectivity index (χ4n) is 2.66. The van der Waals surface area contributed by atoms with Crippen LogP contribution in [0.3, 0.4) is 0 Å². The zero-order chi connectivity index (χ0) is 18.5. The van der Waals surface area contributed by atoms with E-state index in [0.29, 0.717) is 13.0 Å². The standard InChI is InChI=1S/C19H17FN2O4/c20-15-4-1-2-5-16(15)21-17(23)12-26-19(25)13-7-9-14(10-8-13)22-11-3-6-18(22)24/h1-2,4-5,7-10H,3,6,11-12H2,(H,21,23). The highest BCUT2D eigenvalue weighted by Gasteiger charge is 2.21. The Bertz CT molecular complexity index is 836. The van der Waals surface area contributed by atoms with E-state index in [-0.39, 0.29) is 17.2 Å². The fraction of sp³-hybridized carbons (Fsp3) is 0.211. The summed E-state index contributed by atoms with van der Waals surface area (Å²) in [6.45, 7) is 0.137. The first-order valence-corrected chi connectivity index (χ1v) is 8.16. The summed E-state index contributed by atoms with van der Waals surface area (Å²) in [4.78, 5) is 37.1. The van der Waals surface area contributed by atoms with Crippen molar-refractivity contribution in [1.82, 2.24) is 0 Å². The van der Waals surface area contributed by atoms with Gasteiger partial charge >= 0.3 is 5.97 Å². The van der Waals surface area contributed by atoms with Crippen molar-refractivity contribution < 1.29 is 23.5 Å². The smallest absolute Gasteiger partial charge is 0.338 e. The lowest BCUT2D eigenvalue weighted by Crippen LogP contribution is -2.24. The van der Waals surface area contributed by atoms with Crippen molar-refractivity contribution >= 4 is 29.2 Å². The normalized spacial score (nSPS) is 13.6. The molecule has 1 aliphatic rings. The van der Waals surface area contributed by atoms with Gasteiger partial charge in [0.1, 0.15) is 5.82 Å². The molecule has 0 radical (unpaired) electrons. The highest BCUT2D eigenvalue weighted by Crippen LogP contribution is 2.21. The third kappa shape index (κ3) is 4.05. The SMILES string of the molecule is O=C(COC(=O)c1ccc(N2CCCC2=O)cc1)Nc1ccccc1F. The van der Waals surface area contributed by atoms with Gasteiger partial charge in [-0.3, -0.25) is 9.59 Å². The molecule has 0 spiro atoms. The van der Waals surface area contributed by atoms with Crippen LogP contribution >= 0.6 is 0 Å². The number of benzene rings is 2. The summed E-state index contributed by atoms with van der Waals surface area (Å²) in [5, 5.41) is 2.33. The van der Waals surface area contributed by atoms with E-state index in [2.05, 4.69) is 5.32 Å². The summed E-state index contributed by atoms with van der Waals surface area (Å²) in [6, 6.07) is 12.1. The van der Waals surface area contributed by atoms with E-state index in [1.165, 1.54) is 30.3 Å². The molecule has 2 aromatic rings. The molecule has 6 nitrogen and oxygen atoms in total. The van der Waals surface area contributed by atoms with E-state index >= 15 is 0 Å². The van der Waals surface area contributed by atoms with Gasteiger partial charge in [-0.25, -0.2) is 9.18 Å². The molecule has 0 unspecified atom stereocenters. The summed E-state index contributed by atoms with van der Waals surface area (Å²) in [5.41, 5.74) is 1.01. The van der Waals surface area contributed by atoms with E-state index < -0.39 is 24.3 Å². The van der Waals surface area contributed by atoms with Gasteiger partial charge in [0.05, 0.1) is 11.3 Å². The molecule has 134 valence electrons. The summed E-state index contributed by atoms with van der Waals surface area (Å²) >= 11 is 0. The predicted octanol–water partition coefficient (Wildman–Crippen LogP) is 2.75. The van der Waals surface area contributed by atoms with Crippen LogP contribution in [0.1, 0.15) is 23.2 Å². The van der Waals surface area contributed by atoms with Crippen LogP contribution < -0.4 is 10.2 Å². The Morgan fingerprint density at radius 3 is 2.50 bits per heavy atom. The minimum atomic E-state index is -0.673. The van der Waals surface area contributed by atoms with Gasteiger partial charge in [-0.05, 0) is 42.8 Å². The van der Waals surface area contributed by atoms with Gasteiger partial charge in [0.15, 0.2) is 6.61 Å². The zero-order valence-electron chi connectivity index (χ0n) is 13.9. The molecule has 1 fully saturated rings. The maximum Gasteiger partial charge on any atom is 0.338 e. The van der Waals surface area contributed by atoms with E-state index in [9.17, 15) is 18.8 Å². The molecule has 3 rings (SSSR count). The van der Waals surface area contributed by atoms with Crippen molar-refractivity contribution in [2.24, 2.45) is 0 Å². The number of amides is 2. The van der Waals surface area contributed by atoms with Crippen molar-refractivity contribution in [1.29, 1.82) is 0 Å². The molecule has 1 N–H and O–H groups in total. The molecule has 7 heteroatoms. The second kappa shape index (κ2) is 7.77. The Hall–Kier alpha value is -3.22. The maximum atomic E-state index is 13.5. The number of hydrogen-bond acceptors (Lipinski definition) is 4. The lowest BCUT2D eigenvalue weighted by atomic mass is 10.2. The summed E-state index contributed by atoms with van der Waals surface area (Å²) in [5.74, 6) is -1.82. The van der Waals surface area contributed by atoms with Crippen LogP contribution in [0, 0.1) is 5.82 Å². The van der Waals surface area contributed by atoms with E-state index in [1.807, 2.05) is 0 Å². The van der Waals surface area contributed by atoms with Crippen LogP contribution in [0.5, 0.6) is 0 Å². The predicted molar refractivity (Wildman–Crippen MR) is 93.3 cm³/mol. The molecule has 1 heterocycles. The lowest BCUT2D eigenvalue weighted by molar-refractivity contribution is -0.119. The van der Waals surface area contributed by atoms with Crippen molar-refractivity contribution in [2.75, 3.05) is 23.4 Å². The molecule has 2 aromatic carbocycles. The average molecular weight is 356 g/mol. The number of anilines is 2. The molecule has 0 saturated carbocycles. The number of nitrogens with zero attached hydrogens (tertiary/aromatic N) is 1. The molecule has 0 bridgehead atoms. The van der Waals surface area contributed by atoms with Crippen LogP contribution in [-0.4, -0.2) is 30.9 Å². The topological polar surface area (TPSA) is 75.7 Å². The Morgan fingerprint density at radius 2 is 1.85 bits per heavy atom. The highest BCUT2D eigenvalue weighted by atomic mass is 19.1. The second-order valence-corrected chi connectivity index (χ2v) is 5.80. The molecule has 1 aliphatic heterocycles. The lowest BCUT2D eigenvalue weighted by Gasteiger charge is -2.15. The first-order valence-electron chi connectivity index (χ1n) is 8.16. The Kier molecular flexibility index (Phi) is 5.26. The van der Waals surface area contributed by atoms with Crippen molar-refractivity contribution in [3.05, 3.63) is 59.9 Å². The molecule has 26 heavy (non-hydrogen) atoms. The third-order valence-corrected chi connectivity index (χ3v) is 3.97. The Morgan fingerprint density at radius 1 is 1.12 bits per heavy atom. The van der Waals surface area contributed by atoms with Crippen LogP contribution in [-0.2, 0) is 14.3 Å². The van der Waals surface area contributed by atoms with Gasteiger partial charge in [-0.2, -0.15) is 0 Å². The second-order valence-electron chi connectivity index (χ2n) is 5.80. The summed E-state index contributed by atoms with van der Waals surface area (Å²) < 4.78 is 18.4. The van der Waals surface area contributed by atoms with Crippen LogP contribution in [0.15, 0.2) is 48.5 Å². The molecular weight excluding hydrogens is 339 g/mol. The molecule has 0 aliphatic carbocycles. The number of nitrogens with one attached hydrogen (secondary N) is 1. The van der Waals surface area contributed by atoms with Crippen molar-refractivity contribution in [3.8, 4) is 0 Å². The fourth-order valence-corrected chi connectivity index (χ4v) is 2.66. The molecule has 2 amide bonds. The maximum absolute atomic E-state index is 13.5. The quantitative estimate of drug-likeness (QED) is 0.836. The highest BCUT2D eigenvalue weighted by molar-refractivity contribution is 5.97. The van der Waals surface area contributed by atoms with Crippen LogP contribution in [0.2, 0.25) is 0 Å². The van der Waals surface area contributed by atoms with Crippen molar-refractivity contribution in [3.63, 3.8) is 0 Å². The van der Waals surface area contributed by atoms with Gasteiger partial charge in [-0.1, -0.05) is 12.1 Å². The number of ether oxygens (including phenoxy) is 1. The number of para-hydroxylation sites is 1. The van der Waals surface area contributed by atoms with Gasteiger partial charge in [0.2, 0.25) is 5.91 Å². The molecule has 0 aromatic heterocycles. The minimum absolute atomic E-state index is 0.0215. The number of halogens is 1. The number of carbonyl (C=O) groups is 3. The number of carbonyl (C=O) groups excluding carboxylic acids is 3.